The van der Waals surface area contributed by atoms with Crippen LogP contribution in [0.2, 0.25) is 0 Å². The lowest BCUT2D eigenvalue weighted by atomic mass is 9.94. The zero-order valence-corrected chi connectivity index (χ0v) is 13.0. The van der Waals surface area contributed by atoms with E-state index >= 15 is 0 Å². The second-order valence-corrected chi connectivity index (χ2v) is 6.37. The van der Waals surface area contributed by atoms with Crippen LogP contribution in [0.3, 0.4) is 0 Å². The van der Waals surface area contributed by atoms with Gasteiger partial charge in [0.05, 0.1) is 5.92 Å². The van der Waals surface area contributed by atoms with Crippen LogP contribution in [0.25, 0.3) is 0 Å². The summed E-state index contributed by atoms with van der Waals surface area (Å²) in [5.74, 6) is 0.300. The fourth-order valence-corrected chi connectivity index (χ4v) is 3.52. The van der Waals surface area contributed by atoms with Gasteiger partial charge in [0.2, 0.25) is 11.8 Å². The number of hydrogen-bond acceptors (Lipinski definition) is 3. The van der Waals surface area contributed by atoms with Crippen molar-refractivity contribution in [2.75, 3.05) is 19.7 Å². The second kappa shape index (κ2) is 7.78. The van der Waals surface area contributed by atoms with Crippen LogP contribution in [-0.2, 0) is 9.59 Å². The third-order valence-corrected chi connectivity index (χ3v) is 4.94. The number of hydrogen-bond donors (Lipinski definition) is 2. The van der Waals surface area contributed by atoms with Gasteiger partial charge in [0.1, 0.15) is 0 Å². The number of nitrogens with one attached hydrogen (secondary N) is 1. The van der Waals surface area contributed by atoms with Crippen molar-refractivity contribution in [3.05, 3.63) is 0 Å². The SMILES string of the molecule is CCC(=O)N1CCC(C(=O)NC2CCCCCC2CO)C1. The molecule has 0 bridgehead atoms. The molecule has 0 radical (unpaired) electrons. The Bertz CT molecular complexity index is 373. The summed E-state index contributed by atoms with van der Waals surface area (Å²) in [6, 6.07) is 0.0981. The van der Waals surface area contributed by atoms with Crippen molar-refractivity contribution in [3.63, 3.8) is 0 Å². The molecule has 2 aliphatic rings. The average Bonchev–Trinajstić information content (AvgIpc) is 2.89. The highest BCUT2D eigenvalue weighted by Crippen LogP contribution is 2.24. The van der Waals surface area contributed by atoms with Gasteiger partial charge in [-0.3, -0.25) is 9.59 Å². The highest BCUT2D eigenvalue weighted by molar-refractivity contribution is 5.82. The maximum Gasteiger partial charge on any atom is 0.225 e. The van der Waals surface area contributed by atoms with E-state index in [2.05, 4.69) is 5.32 Å². The van der Waals surface area contributed by atoms with Crippen LogP contribution in [0.1, 0.15) is 51.9 Å². The molecule has 2 fully saturated rings. The molecule has 3 unspecified atom stereocenters. The van der Waals surface area contributed by atoms with Crippen molar-refractivity contribution in [3.8, 4) is 0 Å². The van der Waals surface area contributed by atoms with Crippen LogP contribution in [0.5, 0.6) is 0 Å². The zero-order chi connectivity index (χ0) is 15.2. The topological polar surface area (TPSA) is 69.6 Å². The van der Waals surface area contributed by atoms with E-state index in [0.717, 1.165) is 32.1 Å². The summed E-state index contributed by atoms with van der Waals surface area (Å²) in [6.07, 6.45) is 6.66. The Labute approximate surface area is 127 Å². The standard InChI is InChI=1S/C16H28N2O3/c1-2-15(20)18-9-8-12(10-18)16(21)17-14-7-5-3-4-6-13(14)11-19/h12-14,19H,2-11H2,1H3,(H,17,21). The minimum Gasteiger partial charge on any atom is -0.396 e. The first-order valence-corrected chi connectivity index (χ1v) is 8.34. The molecule has 2 amide bonds. The molecule has 1 saturated carbocycles. The molecular formula is C16H28N2O3. The van der Waals surface area contributed by atoms with Crippen LogP contribution in [0, 0.1) is 11.8 Å². The Morgan fingerprint density at radius 1 is 1.19 bits per heavy atom. The fraction of sp³-hybridized carbons (Fsp3) is 0.875. The third-order valence-electron chi connectivity index (χ3n) is 4.94. The Morgan fingerprint density at radius 2 is 1.95 bits per heavy atom. The van der Waals surface area contributed by atoms with E-state index < -0.39 is 0 Å². The first-order chi connectivity index (χ1) is 10.2. The lowest BCUT2D eigenvalue weighted by Crippen LogP contribution is -2.44. The van der Waals surface area contributed by atoms with Crippen molar-refractivity contribution in [2.45, 2.75) is 57.9 Å². The number of carbonyl (C=O) groups is 2. The number of rotatable bonds is 4. The average molecular weight is 296 g/mol. The molecule has 1 heterocycles. The molecule has 1 aliphatic carbocycles. The Kier molecular flexibility index (Phi) is 6.03. The molecular weight excluding hydrogens is 268 g/mol. The zero-order valence-electron chi connectivity index (χ0n) is 13.0. The summed E-state index contributed by atoms with van der Waals surface area (Å²) in [5, 5.41) is 12.6. The summed E-state index contributed by atoms with van der Waals surface area (Å²) < 4.78 is 0. The predicted octanol–water partition coefficient (Wildman–Crippen LogP) is 1.30. The van der Waals surface area contributed by atoms with Crippen LogP contribution >= 0.6 is 0 Å². The minimum atomic E-state index is -0.0805. The number of amides is 2. The maximum absolute atomic E-state index is 12.4. The molecule has 2 rings (SSSR count). The lowest BCUT2D eigenvalue weighted by Gasteiger charge is -2.26. The van der Waals surface area contributed by atoms with Crippen LogP contribution < -0.4 is 5.32 Å². The summed E-state index contributed by atoms with van der Waals surface area (Å²) in [4.78, 5) is 25.9. The summed E-state index contributed by atoms with van der Waals surface area (Å²) in [6.45, 7) is 3.25. The first-order valence-electron chi connectivity index (χ1n) is 8.34. The molecule has 3 atom stereocenters. The van der Waals surface area contributed by atoms with Gasteiger partial charge in [-0.25, -0.2) is 0 Å². The van der Waals surface area contributed by atoms with Gasteiger partial charge in [-0.2, -0.15) is 0 Å². The van der Waals surface area contributed by atoms with Crippen LogP contribution in [-0.4, -0.2) is 47.6 Å². The monoisotopic (exact) mass is 296 g/mol. The molecule has 0 aromatic carbocycles. The number of carbonyl (C=O) groups excluding carboxylic acids is 2. The summed E-state index contributed by atoms with van der Waals surface area (Å²) in [5.41, 5.74) is 0. The number of aliphatic hydroxyl groups is 1. The number of nitrogens with zero attached hydrogens (tertiary/aromatic N) is 1. The van der Waals surface area contributed by atoms with Crippen molar-refractivity contribution in [1.82, 2.24) is 10.2 Å². The molecule has 1 aliphatic heterocycles. The van der Waals surface area contributed by atoms with E-state index in [1.807, 2.05) is 6.92 Å². The van der Waals surface area contributed by atoms with E-state index in [-0.39, 0.29) is 36.3 Å². The quantitative estimate of drug-likeness (QED) is 0.768. The molecule has 5 nitrogen and oxygen atoms in total. The van der Waals surface area contributed by atoms with E-state index in [0.29, 0.717) is 19.5 Å². The molecule has 0 aromatic heterocycles. The van der Waals surface area contributed by atoms with Crippen molar-refractivity contribution in [2.24, 2.45) is 11.8 Å². The molecule has 0 aromatic rings. The van der Waals surface area contributed by atoms with Gasteiger partial charge in [-0.05, 0) is 19.3 Å². The van der Waals surface area contributed by atoms with Crippen LogP contribution in [0.4, 0.5) is 0 Å². The van der Waals surface area contributed by atoms with E-state index in [9.17, 15) is 14.7 Å². The lowest BCUT2D eigenvalue weighted by molar-refractivity contribution is -0.130. The molecule has 21 heavy (non-hydrogen) atoms. The van der Waals surface area contributed by atoms with E-state index in [1.54, 1.807) is 4.90 Å². The van der Waals surface area contributed by atoms with Gasteiger partial charge < -0.3 is 15.3 Å². The Balaban J connectivity index is 1.87. The van der Waals surface area contributed by atoms with Crippen molar-refractivity contribution >= 4 is 11.8 Å². The van der Waals surface area contributed by atoms with Gasteiger partial charge in [-0.15, -0.1) is 0 Å². The van der Waals surface area contributed by atoms with Gasteiger partial charge in [-0.1, -0.05) is 26.2 Å². The molecule has 5 heteroatoms. The first kappa shape index (κ1) is 16.3. The molecule has 1 saturated heterocycles. The number of aliphatic hydroxyl groups excluding tert-OH is 1. The highest BCUT2D eigenvalue weighted by atomic mass is 16.3. The highest BCUT2D eigenvalue weighted by Gasteiger charge is 2.33. The normalized spacial score (nSPS) is 30.0. The van der Waals surface area contributed by atoms with Crippen LogP contribution in [0.15, 0.2) is 0 Å². The third kappa shape index (κ3) is 4.19. The summed E-state index contributed by atoms with van der Waals surface area (Å²) >= 11 is 0. The van der Waals surface area contributed by atoms with Gasteiger partial charge >= 0.3 is 0 Å². The molecule has 0 spiro atoms. The smallest absolute Gasteiger partial charge is 0.225 e. The van der Waals surface area contributed by atoms with Gasteiger partial charge in [0.15, 0.2) is 0 Å². The van der Waals surface area contributed by atoms with E-state index in [1.165, 1.54) is 6.42 Å². The summed E-state index contributed by atoms with van der Waals surface area (Å²) in [7, 11) is 0. The van der Waals surface area contributed by atoms with Crippen molar-refractivity contribution in [1.29, 1.82) is 0 Å². The van der Waals surface area contributed by atoms with Gasteiger partial charge in [0.25, 0.3) is 0 Å². The minimum absolute atomic E-state index is 0.0618. The number of likely N-dealkylation sites (tertiary alicyclic amines) is 1. The second-order valence-electron chi connectivity index (χ2n) is 6.37. The van der Waals surface area contributed by atoms with Gasteiger partial charge in [0, 0.05) is 38.1 Å². The Hall–Kier alpha value is -1.10. The molecule has 2 N–H and O–H groups in total. The fourth-order valence-electron chi connectivity index (χ4n) is 3.52. The molecule has 120 valence electrons. The maximum atomic E-state index is 12.4. The predicted molar refractivity (Wildman–Crippen MR) is 80.6 cm³/mol. The largest absolute Gasteiger partial charge is 0.396 e. The Morgan fingerprint density at radius 3 is 2.67 bits per heavy atom. The van der Waals surface area contributed by atoms with Crippen molar-refractivity contribution < 1.29 is 14.7 Å². The van der Waals surface area contributed by atoms with E-state index in [4.69, 9.17) is 0 Å².